The maximum Gasteiger partial charge on any atom is 0.283 e. The minimum atomic E-state index is -3.95. The Morgan fingerprint density at radius 2 is 1.91 bits per heavy atom. The van der Waals surface area contributed by atoms with Crippen molar-refractivity contribution >= 4 is 15.9 Å². The number of methoxy groups -OCH3 is 1. The summed E-state index contributed by atoms with van der Waals surface area (Å²) in [5.41, 5.74) is 1.47. The van der Waals surface area contributed by atoms with Crippen LogP contribution < -0.4 is 14.2 Å². The Labute approximate surface area is 190 Å². The fourth-order valence-corrected chi connectivity index (χ4v) is 5.01. The Morgan fingerprint density at radius 3 is 2.67 bits per heavy atom. The molecule has 172 valence electrons. The van der Waals surface area contributed by atoms with E-state index in [1.165, 1.54) is 30.3 Å². The number of aliphatic hydroxyl groups excluding tert-OH is 1. The van der Waals surface area contributed by atoms with Gasteiger partial charge in [-0.1, -0.05) is 12.1 Å². The third-order valence-corrected chi connectivity index (χ3v) is 7.10. The summed E-state index contributed by atoms with van der Waals surface area (Å²) in [5, 5.41) is 14.7. The number of benzene rings is 2. The monoisotopic (exact) mass is 471 g/mol. The van der Waals surface area contributed by atoms with E-state index in [2.05, 4.69) is 5.10 Å². The molecule has 11 heteroatoms. The number of aromatic nitrogens is 2. The fraction of sp³-hybridized carbons (Fsp3) is 0.273. The van der Waals surface area contributed by atoms with Gasteiger partial charge in [-0.2, -0.15) is 17.6 Å². The molecule has 0 aliphatic carbocycles. The predicted molar refractivity (Wildman–Crippen MR) is 114 cm³/mol. The maximum absolute atomic E-state index is 13.1. The van der Waals surface area contributed by atoms with Crippen LogP contribution in [0, 0.1) is 0 Å². The van der Waals surface area contributed by atoms with Crippen molar-refractivity contribution < 1.29 is 32.5 Å². The topological polar surface area (TPSA) is 120 Å². The van der Waals surface area contributed by atoms with Crippen LogP contribution in [-0.4, -0.2) is 53.8 Å². The highest BCUT2D eigenvalue weighted by atomic mass is 32.2. The van der Waals surface area contributed by atoms with Gasteiger partial charge in [-0.3, -0.25) is 4.79 Å². The van der Waals surface area contributed by atoms with Gasteiger partial charge in [0.1, 0.15) is 19.0 Å². The zero-order valence-electron chi connectivity index (χ0n) is 17.7. The number of fused-ring (bicyclic) bond motifs is 2. The first-order chi connectivity index (χ1) is 15.9. The number of amides is 1. The van der Waals surface area contributed by atoms with E-state index in [1.807, 2.05) is 0 Å². The molecule has 10 nitrogen and oxygen atoms in total. The summed E-state index contributed by atoms with van der Waals surface area (Å²) in [6.45, 7) is 0.995. The molecule has 0 spiro atoms. The Morgan fingerprint density at radius 1 is 1.12 bits per heavy atom. The molecule has 5 rings (SSSR count). The van der Waals surface area contributed by atoms with Crippen LogP contribution in [0.3, 0.4) is 0 Å². The van der Waals surface area contributed by atoms with Crippen LogP contribution >= 0.6 is 0 Å². The van der Waals surface area contributed by atoms with E-state index in [1.54, 1.807) is 30.3 Å². The lowest BCUT2D eigenvalue weighted by atomic mass is 10.1. The summed E-state index contributed by atoms with van der Waals surface area (Å²) < 4.78 is 43.1. The number of hydrogen-bond acceptors (Lipinski definition) is 8. The van der Waals surface area contributed by atoms with Crippen LogP contribution in [0.1, 0.15) is 22.9 Å². The molecular weight excluding hydrogens is 450 g/mol. The van der Waals surface area contributed by atoms with E-state index >= 15 is 0 Å². The van der Waals surface area contributed by atoms with Crippen LogP contribution in [-0.2, 0) is 27.9 Å². The normalized spacial score (nSPS) is 15.8. The number of carbonyl (C=O) groups excluding carboxylic acids is 1. The van der Waals surface area contributed by atoms with Gasteiger partial charge >= 0.3 is 0 Å². The van der Waals surface area contributed by atoms with Crippen molar-refractivity contribution in [3.63, 3.8) is 0 Å². The molecule has 1 N–H and O–H groups in total. The second-order valence-corrected chi connectivity index (χ2v) is 9.45. The van der Waals surface area contributed by atoms with Gasteiger partial charge in [0.2, 0.25) is 0 Å². The standard InChI is InChI=1S/C22H21N3O7S/c1-30-16-4-2-3-14(9-16)21(26)22(27)24-11-15-12-25(23-18(15)13-24)33(28,29)17-5-6-19-20(10-17)32-8-7-31-19/h2-6,9-10,12,21,26H,7-8,11,13H2,1H3. The van der Waals surface area contributed by atoms with Crippen molar-refractivity contribution in [2.24, 2.45) is 0 Å². The van der Waals surface area contributed by atoms with Gasteiger partial charge in [-0.25, -0.2) is 0 Å². The molecular formula is C22H21N3O7S. The van der Waals surface area contributed by atoms with Gasteiger partial charge in [0.15, 0.2) is 17.6 Å². The molecule has 2 aliphatic heterocycles. The van der Waals surface area contributed by atoms with E-state index in [0.29, 0.717) is 47.3 Å². The number of rotatable bonds is 5. The molecule has 3 aromatic rings. The molecule has 1 amide bonds. The van der Waals surface area contributed by atoms with Gasteiger partial charge in [-0.05, 0) is 29.8 Å². The lowest BCUT2D eigenvalue weighted by Crippen LogP contribution is -2.31. The summed E-state index contributed by atoms with van der Waals surface area (Å²) in [7, 11) is -2.45. The summed E-state index contributed by atoms with van der Waals surface area (Å²) in [6, 6.07) is 11.1. The van der Waals surface area contributed by atoms with Crippen LogP contribution in [0.5, 0.6) is 17.2 Å². The highest BCUT2D eigenvalue weighted by Crippen LogP contribution is 2.33. The molecule has 1 unspecified atom stereocenters. The number of hydrogen-bond donors (Lipinski definition) is 1. The number of aliphatic hydroxyl groups is 1. The second kappa shape index (κ2) is 8.09. The molecule has 2 aliphatic rings. The number of ether oxygens (including phenoxy) is 3. The average Bonchev–Trinajstić information content (AvgIpc) is 3.43. The minimum Gasteiger partial charge on any atom is -0.497 e. The van der Waals surface area contributed by atoms with E-state index in [-0.39, 0.29) is 18.0 Å². The Balaban J connectivity index is 1.33. The molecule has 0 bridgehead atoms. The molecule has 0 saturated carbocycles. The highest BCUT2D eigenvalue weighted by Gasteiger charge is 2.33. The van der Waals surface area contributed by atoms with Crippen LogP contribution in [0.25, 0.3) is 0 Å². The van der Waals surface area contributed by atoms with E-state index in [9.17, 15) is 18.3 Å². The van der Waals surface area contributed by atoms with Crippen molar-refractivity contribution in [1.29, 1.82) is 0 Å². The highest BCUT2D eigenvalue weighted by molar-refractivity contribution is 7.89. The van der Waals surface area contributed by atoms with Gasteiger partial charge < -0.3 is 24.2 Å². The van der Waals surface area contributed by atoms with Crippen LogP contribution in [0.4, 0.5) is 0 Å². The first-order valence-electron chi connectivity index (χ1n) is 10.2. The molecule has 0 saturated heterocycles. The first kappa shape index (κ1) is 21.3. The van der Waals surface area contributed by atoms with Gasteiger partial charge in [-0.15, -0.1) is 0 Å². The van der Waals surface area contributed by atoms with Crippen molar-refractivity contribution in [2.75, 3.05) is 20.3 Å². The molecule has 3 heterocycles. The molecule has 1 aromatic heterocycles. The molecule has 2 aromatic carbocycles. The molecule has 0 radical (unpaired) electrons. The molecule has 0 fully saturated rings. The van der Waals surface area contributed by atoms with Crippen LogP contribution in [0.2, 0.25) is 0 Å². The summed E-state index contributed by atoms with van der Waals surface area (Å²) >= 11 is 0. The van der Waals surface area contributed by atoms with Crippen molar-refractivity contribution in [1.82, 2.24) is 14.1 Å². The molecule has 33 heavy (non-hydrogen) atoms. The van der Waals surface area contributed by atoms with Crippen molar-refractivity contribution in [2.45, 2.75) is 24.1 Å². The Bertz CT molecular complexity index is 1310. The third kappa shape index (κ3) is 3.79. The lowest BCUT2D eigenvalue weighted by Gasteiger charge is -2.20. The van der Waals surface area contributed by atoms with E-state index in [4.69, 9.17) is 14.2 Å². The zero-order valence-corrected chi connectivity index (χ0v) is 18.5. The Kier molecular flexibility index (Phi) is 5.22. The van der Waals surface area contributed by atoms with Crippen LogP contribution in [0.15, 0.2) is 53.6 Å². The maximum atomic E-state index is 13.1. The van der Waals surface area contributed by atoms with Crippen molar-refractivity contribution in [3.05, 3.63) is 65.5 Å². The summed E-state index contributed by atoms with van der Waals surface area (Å²) in [4.78, 5) is 14.3. The lowest BCUT2D eigenvalue weighted by molar-refractivity contribution is -0.141. The van der Waals surface area contributed by atoms with E-state index in [0.717, 1.165) is 4.09 Å². The SMILES string of the molecule is COc1cccc(C(O)C(=O)N2Cc3cn(S(=O)(=O)c4ccc5c(c4)OCCO5)nc3C2)c1. The molecule has 1 atom stereocenters. The largest absolute Gasteiger partial charge is 0.497 e. The predicted octanol–water partition coefficient (Wildman–Crippen LogP) is 1.48. The van der Waals surface area contributed by atoms with Gasteiger partial charge in [0.05, 0.1) is 24.2 Å². The Hall–Kier alpha value is -3.57. The second-order valence-electron chi connectivity index (χ2n) is 7.66. The summed E-state index contributed by atoms with van der Waals surface area (Å²) in [5.74, 6) is 0.893. The fourth-order valence-electron chi connectivity index (χ4n) is 3.83. The smallest absolute Gasteiger partial charge is 0.283 e. The zero-order chi connectivity index (χ0) is 23.2. The van der Waals surface area contributed by atoms with Crippen molar-refractivity contribution in [3.8, 4) is 17.2 Å². The third-order valence-electron chi connectivity index (χ3n) is 5.57. The average molecular weight is 471 g/mol. The summed E-state index contributed by atoms with van der Waals surface area (Å²) in [6.07, 6.45) is 0.0323. The quantitative estimate of drug-likeness (QED) is 0.594. The minimum absolute atomic E-state index is 0.0225. The van der Waals surface area contributed by atoms with Gasteiger partial charge in [0.25, 0.3) is 15.9 Å². The number of carbonyl (C=O) groups is 1. The van der Waals surface area contributed by atoms with E-state index < -0.39 is 22.0 Å². The van der Waals surface area contributed by atoms with Gasteiger partial charge in [0, 0.05) is 24.4 Å². The first-order valence-corrected chi connectivity index (χ1v) is 11.6. The number of nitrogens with zero attached hydrogens (tertiary/aromatic N) is 3.